The van der Waals surface area contributed by atoms with E-state index in [1.165, 1.54) is 11.3 Å². The van der Waals surface area contributed by atoms with E-state index in [1.807, 2.05) is 13.8 Å². The lowest BCUT2D eigenvalue weighted by atomic mass is 10.2. The van der Waals surface area contributed by atoms with E-state index in [-0.39, 0.29) is 6.04 Å². The Morgan fingerprint density at radius 3 is 2.81 bits per heavy atom. The second-order valence-electron chi connectivity index (χ2n) is 5.67. The Hall–Kier alpha value is -0.470. The molecule has 21 heavy (non-hydrogen) atoms. The molecular formula is C14H24N2O3S2. The van der Waals surface area contributed by atoms with Gasteiger partial charge in [-0.05, 0) is 39.3 Å². The average Bonchev–Trinajstić information content (AvgIpc) is 2.77. The number of aryl methyl sites for hydroxylation is 2. The van der Waals surface area contributed by atoms with Crippen molar-refractivity contribution in [1.29, 1.82) is 0 Å². The summed E-state index contributed by atoms with van der Waals surface area (Å²) in [5.74, 6) is 0. The molecule has 0 spiro atoms. The minimum Gasteiger partial charge on any atom is -0.379 e. The van der Waals surface area contributed by atoms with Gasteiger partial charge in [0.15, 0.2) is 0 Å². The van der Waals surface area contributed by atoms with Gasteiger partial charge in [0.05, 0.1) is 13.2 Å². The predicted molar refractivity (Wildman–Crippen MR) is 85.4 cm³/mol. The van der Waals surface area contributed by atoms with Gasteiger partial charge in [-0.1, -0.05) is 0 Å². The van der Waals surface area contributed by atoms with Gasteiger partial charge in [-0.3, -0.25) is 4.90 Å². The Balaban J connectivity index is 1.98. The standard InChI is InChI=1S/C14H24N2O3S2/c1-10-7-14(20-13(10)4)21(17,18)15-8-11(2)16-5-6-19-9-12(16)3/h7,11-12,15H,5-6,8-9H2,1-4H3/t11-,12+/m0/s1. The van der Waals surface area contributed by atoms with Gasteiger partial charge in [0.25, 0.3) is 0 Å². The third kappa shape index (κ3) is 4.04. The van der Waals surface area contributed by atoms with Gasteiger partial charge in [-0.2, -0.15) is 0 Å². The van der Waals surface area contributed by atoms with Gasteiger partial charge in [0, 0.05) is 30.1 Å². The number of nitrogens with one attached hydrogen (secondary N) is 1. The molecule has 1 saturated heterocycles. The molecule has 2 atom stereocenters. The van der Waals surface area contributed by atoms with Crippen LogP contribution < -0.4 is 4.72 Å². The maximum atomic E-state index is 12.3. The Kier molecular flexibility index (Phi) is 5.43. The zero-order chi connectivity index (χ0) is 15.6. The van der Waals surface area contributed by atoms with E-state index in [4.69, 9.17) is 4.74 Å². The summed E-state index contributed by atoms with van der Waals surface area (Å²) in [6, 6.07) is 2.22. The van der Waals surface area contributed by atoms with Crippen LogP contribution in [-0.4, -0.2) is 51.7 Å². The summed E-state index contributed by atoms with van der Waals surface area (Å²) in [6.45, 7) is 10.7. The van der Waals surface area contributed by atoms with E-state index >= 15 is 0 Å². The summed E-state index contributed by atoms with van der Waals surface area (Å²) >= 11 is 1.33. The number of nitrogens with zero attached hydrogens (tertiary/aromatic N) is 1. The molecule has 1 N–H and O–H groups in total. The van der Waals surface area contributed by atoms with Crippen LogP contribution in [0.25, 0.3) is 0 Å². The van der Waals surface area contributed by atoms with Gasteiger partial charge in [0.2, 0.25) is 10.0 Å². The van der Waals surface area contributed by atoms with Crippen molar-refractivity contribution in [2.75, 3.05) is 26.3 Å². The van der Waals surface area contributed by atoms with Crippen LogP contribution in [0.2, 0.25) is 0 Å². The fraction of sp³-hybridized carbons (Fsp3) is 0.714. The van der Waals surface area contributed by atoms with Crippen molar-refractivity contribution in [2.45, 2.75) is 44.0 Å². The van der Waals surface area contributed by atoms with Gasteiger partial charge in [-0.25, -0.2) is 13.1 Å². The first kappa shape index (κ1) is 16.9. The van der Waals surface area contributed by atoms with Crippen molar-refractivity contribution in [3.63, 3.8) is 0 Å². The van der Waals surface area contributed by atoms with E-state index in [9.17, 15) is 8.42 Å². The summed E-state index contributed by atoms with van der Waals surface area (Å²) in [5, 5.41) is 0. The third-order valence-corrected chi connectivity index (χ3v) is 7.01. The average molecular weight is 332 g/mol. The van der Waals surface area contributed by atoms with Crippen LogP contribution in [-0.2, 0) is 14.8 Å². The fourth-order valence-electron chi connectivity index (χ4n) is 2.49. The maximum Gasteiger partial charge on any atom is 0.250 e. The third-order valence-electron chi connectivity index (χ3n) is 3.96. The van der Waals surface area contributed by atoms with E-state index in [0.717, 1.165) is 17.0 Å². The molecule has 5 nitrogen and oxygen atoms in total. The molecule has 0 aromatic carbocycles. The van der Waals surface area contributed by atoms with Gasteiger partial charge < -0.3 is 4.74 Å². The molecule has 0 amide bonds. The number of morpholine rings is 1. The fourth-order valence-corrected chi connectivity index (χ4v) is 5.17. The van der Waals surface area contributed by atoms with E-state index in [2.05, 4.69) is 23.5 Å². The Bertz CT molecular complexity index is 564. The summed E-state index contributed by atoms with van der Waals surface area (Å²) in [4.78, 5) is 3.34. The molecule has 0 unspecified atom stereocenters. The first-order chi connectivity index (χ1) is 9.81. The van der Waals surface area contributed by atoms with Crippen molar-refractivity contribution in [3.05, 3.63) is 16.5 Å². The number of thiophene rings is 1. The van der Waals surface area contributed by atoms with Crippen LogP contribution in [0.3, 0.4) is 0 Å². The number of hydrogen-bond acceptors (Lipinski definition) is 5. The van der Waals surface area contributed by atoms with Gasteiger partial charge in [0.1, 0.15) is 4.21 Å². The quantitative estimate of drug-likeness (QED) is 0.892. The topological polar surface area (TPSA) is 58.6 Å². The highest BCUT2D eigenvalue weighted by atomic mass is 32.2. The molecule has 2 heterocycles. The molecule has 0 saturated carbocycles. The Morgan fingerprint density at radius 2 is 2.24 bits per heavy atom. The normalized spacial score (nSPS) is 22.4. The minimum atomic E-state index is -3.40. The Labute approximate surface area is 131 Å². The highest BCUT2D eigenvalue weighted by molar-refractivity contribution is 7.91. The van der Waals surface area contributed by atoms with Crippen molar-refractivity contribution >= 4 is 21.4 Å². The molecule has 0 aliphatic carbocycles. The van der Waals surface area contributed by atoms with Gasteiger partial charge in [-0.15, -0.1) is 11.3 Å². The van der Waals surface area contributed by atoms with Gasteiger partial charge >= 0.3 is 0 Å². The second-order valence-corrected chi connectivity index (χ2v) is 8.92. The minimum absolute atomic E-state index is 0.154. The van der Waals surface area contributed by atoms with Crippen LogP contribution in [0.4, 0.5) is 0 Å². The summed E-state index contributed by atoms with van der Waals surface area (Å²) in [7, 11) is -3.40. The zero-order valence-corrected chi connectivity index (χ0v) is 14.7. The molecule has 120 valence electrons. The molecule has 1 aromatic heterocycles. The highest BCUT2D eigenvalue weighted by Gasteiger charge is 2.25. The summed E-state index contributed by atoms with van der Waals surface area (Å²) < 4.78 is 33.2. The molecule has 2 rings (SSSR count). The number of sulfonamides is 1. The van der Waals surface area contributed by atoms with Crippen LogP contribution in [0.15, 0.2) is 10.3 Å². The maximum absolute atomic E-state index is 12.3. The lowest BCUT2D eigenvalue weighted by Gasteiger charge is -2.37. The number of hydrogen-bond donors (Lipinski definition) is 1. The second kappa shape index (κ2) is 6.75. The van der Waals surface area contributed by atoms with E-state index < -0.39 is 10.0 Å². The molecule has 1 fully saturated rings. The predicted octanol–water partition coefficient (Wildman–Crippen LogP) is 1.75. The lowest BCUT2D eigenvalue weighted by molar-refractivity contribution is -0.0172. The van der Waals surface area contributed by atoms with Crippen LogP contribution in [0.1, 0.15) is 24.3 Å². The molecule has 1 aliphatic heterocycles. The molecule has 0 radical (unpaired) electrons. The van der Waals surface area contributed by atoms with E-state index in [0.29, 0.717) is 30.0 Å². The van der Waals surface area contributed by atoms with E-state index in [1.54, 1.807) is 6.07 Å². The summed E-state index contributed by atoms with van der Waals surface area (Å²) in [5.41, 5.74) is 1.02. The molecular weight excluding hydrogens is 308 g/mol. The van der Waals surface area contributed by atoms with Crippen LogP contribution >= 0.6 is 11.3 Å². The van der Waals surface area contributed by atoms with Crippen LogP contribution in [0.5, 0.6) is 0 Å². The molecule has 1 aromatic rings. The highest BCUT2D eigenvalue weighted by Crippen LogP contribution is 2.24. The molecule has 0 bridgehead atoms. The van der Waals surface area contributed by atoms with Crippen molar-refractivity contribution in [3.8, 4) is 0 Å². The largest absolute Gasteiger partial charge is 0.379 e. The number of ether oxygens (including phenoxy) is 1. The monoisotopic (exact) mass is 332 g/mol. The number of rotatable bonds is 5. The molecule has 1 aliphatic rings. The lowest BCUT2D eigenvalue weighted by Crippen LogP contribution is -2.51. The zero-order valence-electron chi connectivity index (χ0n) is 13.0. The first-order valence-electron chi connectivity index (χ1n) is 7.21. The first-order valence-corrected chi connectivity index (χ1v) is 9.51. The smallest absolute Gasteiger partial charge is 0.250 e. The van der Waals surface area contributed by atoms with Crippen molar-refractivity contribution in [2.24, 2.45) is 0 Å². The van der Waals surface area contributed by atoms with Crippen LogP contribution in [0, 0.1) is 13.8 Å². The van der Waals surface area contributed by atoms with Crippen molar-refractivity contribution < 1.29 is 13.2 Å². The Morgan fingerprint density at radius 1 is 1.52 bits per heavy atom. The summed E-state index contributed by atoms with van der Waals surface area (Å²) in [6.07, 6.45) is 0. The molecule has 7 heteroatoms. The van der Waals surface area contributed by atoms with Crippen molar-refractivity contribution in [1.82, 2.24) is 9.62 Å². The SMILES string of the molecule is Cc1cc(S(=O)(=O)NC[C@H](C)N2CCOC[C@H]2C)sc1C.